The van der Waals surface area contributed by atoms with Crippen LogP contribution in [0.4, 0.5) is 4.39 Å². The summed E-state index contributed by atoms with van der Waals surface area (Å²) in [5.41, 5.74) is 0. The minimum absolute atomic E-state index is 0. The first-order chi connectivity index (χ1) is 14.1. The number of benzene rings is 1. The van der Waals surface area contributed by atoms with Crippen molar-refractivity contribution in [2.75, 3.05) is 12.3 Å². The molecule has 0 spiro atoms. The molecule has 9 heteroatoms. The van der Waals surface area contributed by atoms with Crippen LogP contribution in [0.2, 0.25) is 0 Å². The van der Waals surface area contributed by atoms with Crippen molar-refractivity contribution in [1.82, 2.24) is 25.4 Å². The average molecular weight is 546 g/mol. The molecule has 0 aliphatic heterocycles. The van der Waals surface area contributed by atoms with E-state index in [4.69, 9.17) is 4.99 Å². The predicted molar refractivity (Wildman–Crippen MR) is 132 cm³/mol. The maximum atomic E-state index is 13.0. The molecular weight excluding hydrogens is 514 g/mol. The van der Waals surface area contributed by atoms with E-state index in [0.717, 1.165) is 41.2 Å². The van der Waals surface area contributed by atoms with Crippen molar-refractivity contribution in [1.29, 1.82) is 0 Å². The van der Waals surface area contributed by atoms with Gasteiger partial charge in [-0.05, 0) is 56.2 Å². The van der Waals surface area contributed by atoms with Gasteiger partial charge >= 0.3 is 0 Å². The maximum Gasteiger partial charge on any atom is 0.191 e. The fourth-order valence-corrected chi connectivity index (χ4v) is 4.18. The maximum absolute atomic E-state index is 13.0. The molecule has 166 valence electrons. The van der Waals surface area contributed by atoms with Crippen LogP contribution >= 0.6 is 35.7 Å². The highest BCUT2D eigenvalue weighted by molar-refractivity contribution is 14.0. The van der Waals surface area contributed by atoms with Crippen LogP contribution in [0, 0.1) is 12.7 Å². The number of rotatable bonds is 8. The third-order valence-corrected chi connectivity index (χ3v) is 6.30. The van der Waals surface area contributed by atoms with Gasteiger partial charge in [0.05, 0.1) is 0 Å². The molecule has 6 nitrogen and oxygen atoms in total. The van der Waals surface area contributed by atoms with Crippen molar-refractivity contribution in [2.24, 2.45) is 12.0 Å². The van der Waals surface area contributed by atoms with Gasteiger partial charge in [-0.3, -0.25) is 0 Å². The van der Waals surface area contributed by atoms with Crippen molar-refractivity contribution < 1.29 is 4.39 Å². The third kappa shape index (κ3) is 8.05. The second kappa shape index (κ2) is 13.1. The van der Waals surface area contributed by atoms with Crippen LogP contribution < -0.4 is 10.6 Å². The molecule has 3 rings (SSSR count). The highest BCUT2D eigenvalue weighted by Crippen LogP contribution is 2.19. The summed E-state index contributed by atoms with van der Waals surface area (Å²) in [6.45, 7) is 3.28. The monoisotopic (exact) mass is 546 g/mol. The number of nitrogens with zero attached hydrogens (tertiary/aromatic N) is 4. The van der Waals surface area contributed by atoms with Crippen LogP contribution in [0.15, 0.2) is 34.2 Å². The van der Waals surface area contributed by atoms with Gasteiger partial charge in [-0.2, -0.15) is 0 Å². The lowest BCUT2D eigenvalue weighted by Gasteiger charge is -2.25. The number of halogens is 2. The van der Waals surface area contributed by atoms with Crippen LogP contribution in [-0.4, -0.2) is 39.1 Å². The lowest BCUT2D eigenvalue weighted by molar-refractivity contribution is 0.409. The van der Waals surface area contributed by atoms with E-state index in [0.29, 0.717) is 12.6 Å². The first kappa shape index (κ1) is 24.9. The first-order valence-electron chi connectivity index (χ1n) is 10.4. The van der Waals surface area contributed by atoms with Crippen molar-refractivity contribution >= 4 is 41.7 Å². The van der Waals surface area contributed by atoms with E-state index in [1.54, 1.807) is 11.8 Å². The summed E-state index contributed by atoms with van der Waals surface area (Å²) in [6.07, 6.45) is 7.28. The number of aliphatic imine (C=N–C) groups is 1. The number of aromatic nitrogens is 3. The van der Waals surface area contributed by atoms with Gasteiger partial charge in [0.15, 0.2) is 11.8 Å². The quantitative estimate of drug-likeness (QED) is 0.169. The first-order valence-corrected chi connectivity index (χ1v) is 11.4. The molecule has 1 aromatic heterocycles. The molecule has 1 aliphatic rings. The minimum atomic E-state index is -0.191. The largest absolute Gasteiger partial charge is 0.356 e. The Morgan fingerprint density at radius 3 is 2.60 bits per heavy atom. The molecular formula is C21H32FIN6S. The van der Waals surface area contributed by atoms with E-state index >= 15 is 0 Å². The summed E-state index contributed by atoms with van der Waals surface area (Å²) in [7, 11) is 1.97. The van der Waals surface area contributed by atoms with Gasteiger partial charge in [0.1, 0.15) is 18.2 Å². The topological polar surface area (TPSA) is 67.1 Å². The molecule has 0 bridgehead atoms. The van der Waals surface area contributed by atoms with Gasteiger partial charge in [-0.1, -0.05) is 19.3 Å². The van der Waals surface area contributed by atoms with Gasteiger partial charge in [0.25, 0.3) is 0 Å². The van der Waals surface area contributed by atoms with Crippen molar-refractivity contribution in [3.63, 3.8) is 0 Å². The molecule has 2 N–H and O–H groups in total. The van der Waals surface area contributed by atoms with E-state index in [2.05, 4.69) is 20.8 Å². The zero-order valence-corrected chi connectivity index (χ0v) is 20.9. The lowest BCUT2D eigenvalue weighted by Crippen LogP contribution is -2.44. The normalized spacial score (nSPS) is 15.0. The van der Waals surface area contributed by atoms with E-state index in [9.17, 15) is 4.39 Å². The summed E-state index contributed by atoms with van der Waals surface area (Å²) in [6, 6.07) is 7.16. The Balaban J connectivity index is 0.00000320. The fraction of sp³-hybridized carbons (Fsp3) is 0.571. The number of aryl methyl sites for hydroxylation is 1. The number of thioether (sulfide) groups is 1. The Morgan fingerprint density at radius 1 is 1.20 bits per heavy atom. The van der Waals surface area contributed by atoms with Crippen LogP contribution in [0.5, 0.6) is 0 Å². The van der Waals surface area contributed by atoms with Crippen molar-refractivity contribution in [3.05, 3.63) is 41.7 Å². The van der Waals surface area contributed by atoms with Crippen molar-refractivity contribution in [3.8, 4) is 0 Å². The van der Waals surface area contributed by atoms with Crippen LogP contribution in [0.1, 0.15) is 50.2 Å². The van der Waals surface area contributed by atoms with Gasteiger partial charge < -0.3 is 15.2 Å². The Morgan fingerprint density at radius 2 is 1.93 bits per heavy atom. The summed E-state index contributed by atoms with van der Waals surface area (Å²) >= 11 is 1.74. The standard InChI is InChI=1S/C21H31FN6S.HI/c1-16-26-27-20(28(16)2)15-24-21(25-18-7-4-3-5-8-18)23-13-6-14-29-19-11-9-17(22)10-12-19;/h9-12,18H,3-8,13-15H2,1-2H3,(H2,23,24,25);1H. The summed E-state index contributed by atoms with van der Waals surface area (Å²) in [5.74, 6) is 3.38. The highest BCUT2D eigenvalue weighted by Gasteiger charge is 2.15. The Labute approximate surface area is 199 Å². The van der Waals surface area contributed by atoms with Crippen LogP contribution in [0.25, 0.3) is 0 Å². The molecule has 0 amide bonds. The van der Waals surface area contributed by atoms with Gasteiger partial charge in [-0.25, -0.2) is 9.38 Å². The summed E-state index contributed by atoms with van der Waals surface area (Å²) in [5, 5.41) is 15.4. The molecule has 1 heterocycles. The molecule has 30 heavy (non-hydrogen) atoms. The van der Waals surface area contributed by atoms with Crippen LogP contribution in [0.3, 0.4) is 0 Å². The Bertz CT molecular complexity index is 789. The zero-order valence-electron chi connectivity index (χ0n) is 17.7. The summed E-state index contributed by atoms with van der Waals surface area (Å²) in [4.78, 5) is 5.85. The molecule has 1 aromatic carbocycles. The molecule has 0 radical (unpaired) electrons. The van der Waals surface area contributed by atoms with E-state index in [-0.39, 0.29) is 29.8 Å². The zero-order chi connectivity index (χ0) is 20.5. The minimum Gasteiger partial charge on any atom is -0.356 e. The molecule has 2 aromatic rings. The molecule has 1 fully saturated rings. The molecule has 0 saturated heterocycles. The SMILES string of the molecule is Cc1nnc(CN=C(NCCCSc2ccc(F)cc2)NC2CCCCC2)n1C.I. The smallest absolute Gasteiger partial charge is 0.191 e. The fourth-order valence-electron chi connectivity index (χ4n) is 3.33. The molecule has 1 aliphatic carbocycles. The van der Waals surface area contributed by atoms with Gasteiger partial charge in [0, 0.05) is 24.5 Å². The summed E-state index contributed by atoms with van der Waals surface area (Å²) < 4.78 is 15.0. The van der Waals surface area contributed by atoms with E-state index in [1.165, 1.54) is 44.2 Å². The highest BCUT2D eigenvalue weighted by atomic mass is 127. The number of guanidine groups is 1. The molecule has 0 atom stereocenters. The lowest BCUT2D eigenvalue weighted by atomic mass is 9.96. The van der Waals surface area contributed by atoms with Crippen molar-refractivity contribution in [2.45, 2.75) is 62.9 Å². The number of hydrogen-bond donors (Lipinski definition) is 2. The second-order valence-electron chi connectivity index (χ2n) is 7.45. The molecule has 0 unspecified atom stereocenters. The number of hydrogen-bond acceptors (Lipinski definition) is 4. The average Bonchev–Trinajstić information content (AvgIpc) is 3.06. The van der Waals surface area contributed by atoms with E-state index in [1.807, 2.05) is 30.7 Å². The van der Waals surface area contributed by atoms with Crippen LogP contribution in [-0.2, 0) is 13.6 Å². The van der Waals surface area contributed by atoms with Gasteiger partial charge in [-0.15, -0.1) is 45.9 Å². The van der Waals surface area contributed by atoms with Gasteiger partial charge in [0.2, 0.25) is 0 Å². The Hall–Kier alpha value is -1.36. The predicted octanol–water partition coefficient (Wildman–Crippen LogP) is 4.43. The second-order valence-corrected chi connectivity index (χ2v) is 8.62. The number of nitrogens with one attached hydrogen (secondary N) is 2. The Kier molecular flexibility index (Phi) is 10.9. The van der Waals surface area contributed by atoms with E-state index < -0.39 is 0 Å². The third-order valence-electron chi connectivity index (χ3n) is 5.20. The molecule has 1 saturated carbocycles.